The summed E-state index contributed by atoms with van der Waals surface area (Å²) < 4.78 is 4.78. The Morgan fingerprint density at radius 1 is 1.36 bits per heavy atom. The quantitative estimate of drug-likeness (QED) is 0.544. The standard InChI is InChI=1S/C16H21NO3.C2H6/c1-4-7-9-14(8-5-2)13(6-3)12-15(18)17-10-11-20-16(17)19;1-2/h4-9,13H,3,10-12H2,1-2H3;1-2H3/b7-4-,8-5-,14-9+;/t13-;/m0./s1. The minimum absolute atomic E-state index is 0.122. The fourth-order valence-corrected chi connectivity index (χ4v) is 1.96. The molecule has 0 spiro atoms. The van der Waals surface area contributed by atoms with E-state index in [0.29, 0.717) is 6.54 Å². The lowest BCUT2D eigenvalue weighted by molar-refractivity contribution is -0.128. The van der Waals surface area contributed by atoms with Crippen LogP contribution in [0, 0.1) is 5.92 Å². The summed E-state index contributed by atoms with van der Waals surface area (Å²) in [7, 11) is 0. The maximum atomic E-state index is 12.1. The highest BCUT2D eigenvalue weighted by atomic mass is 16.6. The predicted octanol–water partition coefficient (Wildman–Crippen LogP) is 4.26. The Hall–Kier alpha value is -2.10. The van der Waals surface area contributed by atoms with E-state index >= 15 is 0 Å². The van der Waals surface area contributed by atoms with Crippen molar-refractivity contribution in [3.63, 3.8) is 0 Å². The van der Waals surface area contributed by atoms with Gasteiger partial charge in [0, 0.05) is 12.3 Å². The minimum Gasteiger partial charge on any atom is -0.447 e. The molecule has 1 fully saturated rings. The maximum Gasteiger partial charge on any atom is 0.416 e. The molecule has 1 saturated heterocycles. The Morgan fingerprint density at radius 2 is 2.05 bits per heavy atom. The highest BCUT2D eigenvalue weighted by Gasteiger charge is 2.29. The summed E-state index contributed by atoms with van der Waals surface area (Å²) in [6.07, 6.45) is 11.0. The van der Waals surface area contributed by atoms with Gasteiger partial charge in [0.05, 0.1) is 6.54 Å². The second-order valence-corrected chi connectivity index (χ2v) is 4.40. The van der Waals surface area contributed by atoms with E-state index in [-0.39, 0.29) is 24.9 Å². The number of nitrogens with zero attached hydrogens (tertiary/aromatic N) is 1. The molecule has 1 rings (SSSR count). The average Bonchev–Trinajstić information content (AvgIpc) is 2.97. The van der Waals surface area contributed by atoms with Crippen molar-refractivity contribution in [2.24, 2.45) is 5.92 Å². The Morgan fingerprint density at radius 3 is 2.50 bits per heavy atom. The van der Waals surface area contributed by atoms with E-state index in [1.54, 1.807) is 6.08 Å². The zero-order chi connectivity index (χ0) is 17.0. The number of imide groups is 1. The van der Waals surface area contributed by atoms with E-state index in [4.69, 9.17) is 4.74 Å². The third kappa shape index (κ3) is 6.12. The van der Waals surface area contributed by atoms with E-state index in [9.17, 15) is 9.59 Å². The number of ether oxygens (including phenoxy) is 1. The van der Waals surface area contributed by atoms with Crippen LogP contribution >= 0.6 is 0 Å². The van der Waals surface area contributed by atoms with Crippen LogP contribution < -0.4 is 0 Å². The van der Waals surface area contributed by atoms with E-state index in [2.05, 4.69) is 6.58 Å². The van der Waals surface area contributed by atoms with Gasteiger partial charge < -0.3 is 4.74 Å². The third-order valence-electron chi connectivity index (χ3n) is 3.01. The normalized spacial score (nSPS) is 16.5. The fourth-order valence-electron chi connectivity index (χ4n) is 1.96. The smallest absolute Gasteiger partial charge is 0.416 e. The van der Waals surface area contributed by atoms with Crippen LogP contribution in [0.15, 0.2) is 48.6 Å². The van der Waals surface area contributed by atoms with Gasteiger partial charge in [-0.05, 0) is 19.4 Å². The van der Waals surface area contributed by atoms with Crippen LogP contribution in [0.5, 0.6) is 0 Å². The van der Waals surface area contributed by atoms with E-state index in [1.165, 1.54) is 0 Å². The zero-order valence-electron chi connectivity index (χ0n) is 14.0. The lowest BCUT2D eigenvalue weighted by Gasteiger charge is -2.16. The predicted molar refractivity (Wildman–Crippen MR) is 90.4 cm³/mol. The number of hydrogen-bond acceptors (Lipinski definition) is 3. The summed E-state index contributed by atoms with van der Waals surface area (Å²) in [5, 5.41) is 0. The molecule has 4 nitrogen and oxygen atoms in total. The van der Waals surface area contributed by atoms with Crippen molar-refractivity contribution in [2.45, 2.75) is 34.1 Å². The molecule has 1 aliphatic rings. The molecule has 0 aromatic rings. The fraction of sp³-hybridized carbons (Fsp3) is 0.444. The molecule has 22 heavy (non-hydrogen) atoms. The number of rotatable bonds is 6. The molecule has 0 saturated carbocycles. The summed E-state index contributed by atoms with van der Waals surface area (Å²) in [6.45, 7) is 12.2. The Kier molecular flexibility index (Phi) is 10.4. The molecule has 0 unspecified atom stereocenters. The summed E-state index contributed by atoms with van der Waals surface area (Å²) >= 11 is 0. The van der Waals surface area contributed by atoms with E-state index < -0.39 is 6.09 Å². The zero-order valence-corrected chi connectivity index (χ0v) is 14.0. The van der Waals surface area contributed by atoms with E-state index in [0.717, 1.165) is 10.5 Å². The summed E-state index contributed by atoms with van der Waals surface area (Å²) in [4.78, 5) is 24.6. The van der Waals surface area contributed by atoms with Crippen LogP contribution in [-0.4, -0.2) is 30.1 Å². The number of cyclic esters (lactones) is 1. The SMILES string of the molecule is C=C[C@@H](CC(=O)N1CCOC1=O)C(/C=C\C)=C/C=C\C.CC. The van der Waals surface area contributed by atoms with E-state index in [1.807, 2.05) is 58.1 Å². The van der Waals surface area contributed by atoms with Crippen LogP contribution in [-0.2, 0) is 9.53 Å². The van der Waals surface area contributed by atoms with Gasteiger partial charge in [0.2, 0.25) is 5.91 Å². The van der Waals surface area contributed by atoms with Crippen molar-refractivity contribution in [2.75, 3.05) is 13.2 Å². The number of carbonyl (C=O) groups is 2. The van der Waals surface area contributed by atoms with Crippen molar-refractivity contribution in [3.05, 3.63) is 48.6 Å². The largest absolute Gasteiger partial charge is 0.447 e. The first kappa shape index (κ1) is 19.9. The molecule has 2 amide bonds. The van der Waals surface area contributed by atoms with Gasteiger partial charge in [-0.15, -0.1) is 6.58 Å². The van der Waals surface area contributed by atoms with Gasteiger partial charge >= 0.3 is 6.09 Å². The summed E-state index contributed by atoms with van der Waals surface area (Å²) in [5.74, 6) is -0.350. The molecular formula is C18H27NO3. The van der Waals surface area contributed by atoms with Gasteiger partial charge in [-0.3, -0.25) is 4.79 Å². The maximum absolute atomic E-state index is 12.1. The van der Waals surface area contributed by atoms with Gasteiger partial charge in [-0.25, -0.2) is 9.69 Å². The van der Waals surface area contributed by atoms with Gasteiger partial charge in [0.15, 0.2) is 0 Å². The van der Waals surface area contributed by atoms with Gasteiger partial charge in [0.1, 0.15) is 6.61 Å². The first-order valence-corrected chi connectivity index (χ1v) is 7.69. The molecule has 4 heteroatoms. The minimum atomic E-state index is -0.553. The molecule has 0 aromatic carbocycles. The molecule has 0 N–H and O–H groups in total. The average molecular weight is 305 g/mol. The first-order chi connectivity index (χ1) is 10.6. The van der Waals surface area contributed by atoms with Crippen molar-refractivity contribution in [1.29, 1.82) is 0 Å². The van der Waals surface area contributed by atoms with Crippen LogP contribution in [0.25, 0.3) is 0 Å². The molecule has 1 heterocycles. The molecule has 1 atom stereocenters. The molecule has 0 bridgehead atoms. The first-order valence-electron chi connectivity index (χ1n) is 7.69. The van der Waals surface area contributed by atoms with Crippen LogP contribution in [0.3, 0.4) is 0 Å². The highest BCUT2D eigenvalue weighted by Crippen LogP contribution is 2.20. The van der Waals surface area contributed by atoms with Crippen molar-refractivity contribution in [3.8, 4) is 0 Å². The van der Waals surface area contributed by atoms with Crippen LogP contribution in [0.2, 0.25) is 0 Å². The lowest BCUT2D eigenvalue weighted by Crippen LogP contribution is -2.32. The molecular weight excluding hydrogens is 278 g/mol. The molecule has 0 aliphatic carbocycles. The molecule has 122 valence electrons. The van der Waals surface area contributed by atoms with Crippen molar-refractivity contribution < 1.29 is 14.3 Å². The Labute approximate surface area is 133 Å². The Balaban J connectivity index is 0.00000211. The molecule has 0 aromatic heterocycles. The number of hydrogen-bond donors (Lipinski definition) is 0. The van der Waals surface area contributed by atoms with Gasteiger partial charge in [-0.2, -0.15) is 0 Å². The third-order valence-corrected chi connectivity index (χ3v) is 3.01. The number of amides is 2. The van der Waals surface area contributed by atoms with Crippen LogP contribution in [0.1, 0.15) is 34.1 Å². The Bertz CT molecular complexity index is 461. The van der Waals surface area contributed by atoms with Gasteiger partial charge in [-0.1, -0.05) is 50.3 Å². The topological polar surface area (TPSA) is 46.6 Å². The molecule has 1 aliphatic heterocycles. The summed E-state index contributed by atoms with van der Waals surface area (Å²) in [6, 6.07) is 0. The summed E-state index contributed by atoms with van der Waals surface area (Å²) in [5.41, 5.74) is 0.988. The second kappa shape index (κ2) is 11.5. The number of carbonyl (C=O) groups excluding carboxylic acids is 2. The molecule has 0 radical (unpaired) electrons. The highest BCUT2D eigenvalue weighted by molar-refractivity contribution is 5.93. The van der Waals surface area contributed by atoms with Gasteiger partial charge in [0.25, 0.3) is 0 Å². The lowest BCUT2D eigenvalue weighted by atomic mass is 9.94. The van der Waals surface area contributed by atoms with Crippen LogP contribution in [0.4, 0.5) is 4.79 Å². The second-order valence-electron chi connectivity index (χ2n) is 4.40. The monoisotopic (exact) mass is 305 g/mol. The van der Waals surface area contributed by atoms with Crippen molar-refractivity contribution in [1.82, 2.24) is 4.90 Å². The van der Waals surface area contributed by atoms with Crippen molar-refractivity contribution >= 4 is 12.0 Å². The number of allylic oxidation sites excluding steroid dienone is 7.